The molecule has 0 unspecified atom stereocenters. The second-order valence-electron chi connectivity index (χ2n) is 3.89. The van der Waals surface area contributed by atoms with Crippen LogP contribution in [-0.4, -0.2) is 15.0 Å². The molecule has 3 rings (SSSR count). The SMILES string of the molecule is O=c1[nH]c(SCc2ccccc2)nc2[nH]ccc12. The third-order valence-electron chi connectivity index (χ3n) is 2.62. The Kier molecular flexibility index (Phi) is 2.90. The fraction of sp³-hybridized carbons (Fsp3) is 0.0769. The molecule has 3 aromatic rings. The second kappa shape index (κ2) is 4.70. The van der Waals surface area contributed by atoms with Crippen molar-refractivity contribution in [2.24, 2.45) is 0 Å². The van der Waals surface area contributed by atoms with Gasteiger partial charge in [-0.25, -0.2) is 4.98 Å². The number of nitrogens with one attached hydrogen (secondary N) is 2. The number of rotatable bonds is 3. The Morgan fingerprint density at radius 2 is 2.00 bits per heavy atom. The summed E-state index contributed by atoms with van der Waals surface area (Å²) in [7, 11) is 0. The predicted octanol–water partition coefficient (Wildman–Crippen LogP) is 2.54. The van der Waals surface area contributed by atoms with Crippen LogP contribution in [0.3, 0.4) is 0 Å². The van der Waals surface area contributed by atoms with E-state index < -0.39 is 0 Å². The maximum absolute atomic E-state index is 11.7. The summed E-state index contributed by atoms with van der Waals surface area (Å²) >= 11 is 1.52. The molecule has 5 heteroatoms. The topological polar surface area (TPSA) is 61.5 Å². The van der Waals surface area contributed by atoms with Crippen LogP contribution in [0, 0.1) is 0 Å². The van der Waals surface area contributed by atoms with Crippen LogP contribution in [-0.2, 0) is 5.75 Å². The van der Waals surface area contributed by atoms with E-state index in [1.54, 1.807) is 12.3 Å². The van der Waals surface area contributed by atoms with Crippen LogP contribution in [0.5, 0.6) is 0 Å². The van der Waals surface area contributed by atoms with Gasteiger partial charge in [0.2, 0.25) is 0 Å². The second-order valence-corrected chi connectivity index (χ2v) is 4.85. The molecule has 2 heterocycles. The molecule has 0 saturated carbocycles. The molecule has 0 bridgehead atoms. The van der Waals surface area contributed by atoms with Crippen molar-refractivity contribution in [3.63, 3.8) is 0 Å². The Hall–Kier alpha value is -2.01. The van der Waals surface area contributed by atoms with E-state index in [0.29, 0.717) is 16.2 Å². The Labute approximate surface area is 107 Å². The Balaban J connectivity index is 1.85. The molecule has 1 aromatic carbocycles. The number of aromatic nitrogens is 3. The van der Waals surface area contributed by atoms with E-state index in [1.807, 2.05) is 18.2 Å². The lowest BCUT2D eigenvalue weighted by molar-refractivity contribution is 0.966. The first-order chi connectivity index (χ1) is 8.83. The molecule has 0 fully saturated rings. The van der Waals surface area contributed by atoms with Gasteiger partial charge in [-0.2, -0.15) is 0 Å². The lowest BCUT2D eigenvalue weighted by Crippen LogP contribution is -2.08. The van der Waals surface area contributed by atoms with Crippen molar-refractivity contribution in [2.45, 2.75) is 10.9 Å². The average Bonchev–Trinajstić information content (AvgIpc) is 2.86. The van der Waals surface area contributed by atoms with Crippen LogP contribution >= 0.6 is 11.8 Å². The van der Waals surface area contributed by atoms with Crippen molar-refractivity contribution in [2.75, 3.05) is 0 Å². The highest BCUT2D eigenvalue weighted by Crippen LogP contribution is 2.19. The lowest BCUT2D eigenvalue weighted by atomic mass is 10.2. The number of benzene rings is 1. The Morgan fingerprint density at radius 1 is 1.17 bits per heavy atom. The summed E-state index contributed by atoms with van der Waals surface area (Å²) in [4.78, 5) is 21.8. The standard InChI is InChI=1S/C13H11N3OS/c17-12-10-6-7-14-11(10)15-13(16-12)18-8-9-4-2-1-3-5-9/h1-7H,8H2,(H2,14,15,16,17). The third-order valence-corrected chi connectivity index (χ3v) is 3.57. The van der Waals surface area contributed by atoms with Gasteiger partial charge in [-0.05, 0) is 11.6 Å². The number of hydrogen-bond acceptors (Lipinski definition) is 3. The van der Waals surface area contributed by atoms with Crippen LogP contribution in [0.25, 0.3) is 11.0 Å². The van der Waals surface area contributed by atoms with E-state index in [2.05, 4.69) is 27.1 Å². The quantitative estimate of drug-likeness (QED) is 0.560. The molecular formula is C13H11N3OS. The van der Waals surface area contributed by atoms with Crippen molar-refractivity contribution in [1.82, 2.24) is 15.0 Å². The molecule has 0 aliphatic heterocycles. The first kappa shape index (κ1) is 11.1. The normalized spacial score (nSPS) is 10.9. The minimum absolute atomic E-state index is 0.100. The zero-order chi connectivity index (χ0) is 12.4. The molecule has 0 saturated heterocycles. The molecule has 2 aromatic heterocycles. The molecule has 0 aliphatic carbocycles. The van der Waals surface area contributed by atoms with E-state index in [9.17, 15) is 4.79 Å². The Morgan fingerprint density at radius 3 is 2.83 bits per heavy atom. The van der Waals surface area contributed by atoms with Gasteiger partial charge in [-0.1, -0.05) is 42.1 Å². The Bertz CT molecular complexity index is 718. The fourth-order valence-electron chi connectivity index (χ4n) is 1.72. The molecule has 0 atom stereocenters. The predicted molar refractivity (Wildman–Crippen MR) is 72.7 cm³/mol. The number of thioether (sulfide) groups is 1. The van der Waals surface area contributed by atoms with E-state index in [0.717, 1.165) is 5.75 Å². The van der Waals surface area contributed by atoms with Crippen molar-refractivity contribution in [1.29, 1.82) is 0 Å². The van der Waals surface area contributed by atoms with Crippen molar-refractivity contribution >= 4 is 22.8 Å². The summed E-state index contributed by atoms with van der Waals surface area (Å²) in [6.07, 6.45) is 1.72. The van der Waals surface area contributed by atoms with Crippen molar-refractivity contribution < 1.29 is 0 Å². The van der Waals surface area contributed by atoms with Crippen LogP contribution in [0.2, 0.25) is 0 Å². The van der Waals surface area contributed by atoms with E-state index >= 15 is 0 Å². The van der Waals surface area contributed by atoms with Crippen LogP contribution < -0.4 is 5.56 Å². The maximum Gasteiger partial charge on any atom is 0.261 e. The minimum Gasteiger partial charge on any atom is -0.346 e. The van der Waals surface area contributed by atoms with Gasteiger partial charge in [0.1, 0.15) is 5.65 Å². The summed E-state index contributed by atoms with van der Waals surface area (Å²) in [5, 5.41) is 1.23. The highest BCUT2D eigenvalue weighted by molar-refractivity contribution is 7.98. The summed E-state index contributed by atoms with van der Waals surface area (Å²) in [5.41, 5.74) is 1.74. The summed E-state index contributed by atoms with van der Waals surface area (Å²) in [5.74, 6) is 0.788. The maximum atomic E-state index is 11.7. The van der Waals surface area contributed by atoms with Crippen molar-refractivity contribution in [3.8, 4) is 0 Å². The average molecular weight is 257 g/mol. The number of hydrogen-bond donors (Lipinski definition) is 2. The highest BCUT2D eigenvalue weighted by atomic mass is 32.2. The smallest absolute Gasteiger partial charge is 0.261 e. The van der Waals surface area contributed by atoms with Crippen LogP contribution in [0.1, 0.15) is 5.56 Å². The van der Waals surface area contributed by atoms with Crippen LogP contribution in [0.4, 0.5) is 0 Å². The zero-order valence-corrected chi connectivity index (χ0v) is 10.3. The van der Waals surface area contributed by atoms with E-state index in [-0.39, 0.29) is 5.56 Å². The highest BCUT2D eigenvalue weighted by Gasteiger charge is 2.04. The summed E-state index contributed by atoms with van der Waals surface area (Å²) in [6, 6.07) is 11.8. The van der Waals surface area contributed by atoms with Gasteiger partial charge < -0.3 is 9.97 Å². The molecule has 18 heavy (non-hydrogen) atoms. The first-order valence-corrected chi connectivity index (χ1v) is 6.55. The van der Waals surface area contributed by atoms with Gasteiger partial charge >= 0.3 is 0 Å². The summed E-state index contributed by atoms with van der Waals surface area (Å²) in [6.45, 7) is 0. The molecule has 0 spiro atoms. The number of nitrogens with zero attached hydrogens (tertiary/aromatic N) is 1. The fourth-order valence-corrected chi connectivity index (χ4v) is 2.54. The van der Waals surface area contributed by atoms with Gasteiger partial charge in [-0.3, -0.25) is 4.79 Å². The van der Waals surface area contributed by atoms with Gasteiger partial charge in [0.25, 0.3) is 5.56 Å². The monoisotopic (exact) mass is 257 g/mol. The van der Waals surface area contributed by atoms with Gasteiger partial charge in [0.15, 0.2) is 5.16 Å². The molecule has 0 amide bonds. The van der Waals surface area contributed by atoms with Gasteiger partial charge in [-0.15, -0.1) is 0 Å². The number of aromatic amines is 2. The van der Waals surface area contributed by atoms with Crippen molar-refractivity contribution in [3.05, 3.63) is 58.5 Å². The van der Waals surface area contributed by atoms with Crippen LogP contribution in [0.15, 0.2) is 52.5 Å². The summed E-state index contributed by atoms with van der Waals surface area (Å²) < 4.78 is 0. The molecule has 0 aliphatic rings. The van der Waals surface area contributed by atoms with Gasteiger partial charge in [0.05, 0.1) is 5.39 Å². The number of fused-ring (bicyclic) bond motifs is 1. The molecule has 2 N–H and O–H groups in total. The largest absolute Gasteiger partial charge is 0.346 e. The molecule has 90 valence electrons. The number of H-pyrrole nitrogens is 2. The van der Waals surface area contributed by atoms with E-state index in [1.165, 1.54) is 17.3 Å². The zero-order valence-electron chi connectivity index (χ0n) is 9.51. The third kappa shape index (κ3) is 2.17. The first-order valence-electron chi connectivity index (χ1n) is 5.57. The van der Waals surface area contributed by atoms with Gasteiger partial charge in [0, 0.05) is 11.9 Å². The molecule has 4 nitrogen and oxygen atoms in total. The molecule has 0 radical (unpaired) electrons. The van der Waals surface area contributed by atoms with E-state index in [4.69, 9.17) is 0 Å². The lowest BCUT2D eigenvalue weighted by Gasteiger charge is -2.01. The molecular weight excluding hydrogens is 246 g/mol. The minimum atomic E-state index is -0.100.